The molecule has 2 nitrogen and oxygen atoms in total. The van der Waals surface area contributed by atoms with Gasteiger partial charge in [0.15, 0.2) is 5.75 Å². The van der Waals surface area contributed by atoms with Gasteiger partial charge in [0.2, 0.25) is 0 Å². The van der Waals surface area contributed by atoms with Gasteiger partial charge in [-0.1, -0.05) is 34.8 Å². The van der Waals surface area contributed by atoms with Crippen molar-refractivity contribution >= 4 is 34.8 Å². The van der Waals surface area contributed by atoms with Gasteiger partial charge in [0.05, 0.1) is 10.0 Å². The lowest BCUT2D eigenvalue weighted by molar-refractivity contribution is 0.230. The SMILES string of the molecule is CC(N)Oc1c(Cl)cc(Cl)cc1Cl. The van der Waals surface area contributed by atoms with Crippen LogP contribution >= 0.6 is 34.8 Å². The molecule has 1 aromatic rings. The smallest absolute Gasteiger partial charge is 0.158 e. The first kappa shape index (κ1) is 10.9. The molecule has 0 heterocycles. The first-order chi connectivity index (χ1) is 6.00. The van der Waals surface area contributed by atoms with Crippen molar-refractivity contribution < 1.29 is 4.74 Å². The van der Waals surface area contributed by atoms with Crippen LogP contribution in [-0.4, -0.2) is 6.23 Å². The van der Waals surface area contributed by atoms with E-state index in [0.29, 0.717) is 20.8 Å². The number of nitrogens with two attached hydrogens (primary N) is 1. The van der Waals surface area contributed by atoms with E-state index >= 15 is 0 Å². The van der Waals surface area contributed by atoms with Crippen LogP contribution in [0.25, 0.3) is 0 Å². The predicted molar refractivity (Wildman–Crippen MR) is 55.7 cm³/mol. The second-order valence-corrected chi connectivity index (χ2v) is 3.77. The van der Waals surface area contributed by atoms with E-state index in [4.69, 9.17) is 45.3 Å². The fourth-order valence-electron chi connectivity index (χ4n) is 0.827. The molecule has 0 aromatic heterocycles. The van der Waals surface area contributed by atoms with Crippen molar-refractivity contribution in [3.05, 3.63) is 27.2 Å². The maximum Gasteiger partial charge on any atom is 0.158 e. The third-order valence-electron chi connectivity index (χ3n) is 1.27. The second-order valence-electron chi connectivity index (χ2n) is 2.52. The van der Waals surface area contributed by atoms with Gasteiger partial charge in [-0.2, -0.15) is 0 Å². The van der Waals surface area contributed by atoms with Crippen LogP contribution in [0, 0.1) is 0 Å². The Morgan fingerprint density at radius 2 is 1.69 bits per heavy atom. The summed E-state index contributed by atoms with van der Waals surface area (Å²) in [7, 11) is 0. The first-order valence-electron chi connectivity index (χ1n) is 3.57. The summed E-state index contributed by atoms with van der Waals surface area (Å²) in [6, 6.07) is 3.10. The number of hydrogen-bond acceptors (Lipinski definition) is 2. The van der Waals surface area contributed by atoms with E-state index in [1.807, 2.05) is 0 Å². The van der Waals surface area contributed by atoms with Crippen molar-refractivity contribution in [1.82, 2.24) is 0 Å². The minimum absolute atomic E-state index is 0.356. The average molecular weight is 241 g/mol. The summed E-state index contributed by atoms with van der Waals surface area (Å²) < 4.78 is 5.19. The van der Waals surface area contributed by atoms with Gasteiger partial charge in [-0.05, 0) is 19.1 Å². The molecule has 13 heavy (non-hydrogen) atoms. The quantitative estimate of drug-likeness (QED) is 0.805. The minimum atomic E-state index is -0.462. The number of rotatable bonds is 2. The summed E-state index contributed by atoms with van der Waals surface area (Å²) in [5.74, 6) is 0.364. The average Bonchev–Trinajstić information content (AvgIpc) is 1.96. The third kappa shape index (κ3) is 2.92. The highest BCUT2D eigenvalue weighted by Gasteiger charge is 2.10. The van der Waals surface area contributed by atoms with Gasteiger partial charge < -0.3 is 4.74 Å². The Kier molecular flexibility index (Phi) is 3.68. The predicted octanol–water partition coefficient (Wildman–Crippen LogP) is 3.33. The van der Waals surface area contributed by atoms with Crippen molar-refractivity contribution in [1.29, 1.82) is 0 Å². The van der Waals surface area contributed by atoms with Crippen molar-refractivity contribution in [2.75, 3.05) is 0 Å². The molecular weight excluding hydrogens is 232 g/mol. The molecule has 1 rings (SSSR count). The summed E-state index contributed by atoms with van der Waals surface area (Å²) in [6.07, 6.45) is -0.462. The summed E-state index contributed by atoms with van der Waals surface area (Å²) in [4.78, 5) is 0. The zero-order valence-corrected chi connectivity index (χ0v) is 9.12. The Morgan fingerprint density at radius 1 is 1.23 bits per heavy atom. The van der Waals surface area contributed by atoms with E-state index < -0.39 is 6.23 Å². The summed E-state index contributed by atoms with van der Waals surface area (Å²) >= 11 is 17.4. The fourth-order valence-corrected chi connectivity index (χ4v) is 1.73. The van der Waals surface area contributed by atoms with Crippen LogP contribution in [-0.2, 0) is 0 Å². The molecule has 0 bridgehead atoms. The molecule has 0 spiro atoms. The van der Waals surface area contributed by atoms with Crippen molar-refractivity contribution in [3.8, 4) is 5.75 Å². The summed E-state index contributed by atoms with van der Waals surface area (Å²) in [6.45, 7) is 1.68. The molecule has 0 aliphatic rings. The minimum Gasteiger partial charge on any atom is -0.473 e. The number of ether oxygens (including phenoxy) is 1. The van der Waals surface area contributed by atoms with E-state index in [0.717, 1.165) is 0 Å². The molecule has 2 N–H and O–H groups in total. The zero-order chi connectivity index (χ0) is 10.0. The van der Waals surface area contributed by atoms with Crippen molar-refractivity contribution in [3.63, 3.8) is 0 Å². The van der Waals surface area contributed by atoms with E-state index in [-0.39, 0.29) is 0 Å². The Labute approximate surface area is 91.5 Å². The Hall–Kier alpha value is -0.150. The number of hydrogen-bond donors (Lipinski definition) is 1. The molecule has 0 amide bonds. The molecule has 72 valence electrons. The maximum absolute atomic E-state index is 5.83. The first-order valence-corrected chi connectivity index (χ1v) is 4.71. The second kappa shape index (κ2) is 4.38. The third-order valence-corrected chi connectivity index (χ3v) is 2.05. The molecule has 0 aliphatic carbocycles. The molecule has 1 atom stereocenters. The molecule has 0 saturated heterocycles. The number of halogens is 3. The highest BCUT2D eigenvalue weighted by molar-refractivity contribution is 6.40. The summed E-state index contributed by atoms with van der Waals surface area (Å²) in [5.41, 5.74) is 5.43. The molecular formula is C8H8Cl3NO. The van der Waals surface area contributed by atoms with Crippen LogP contribution < -0.4 is 10.5 Å². The van der Waals surface area contributed by atoms with E-state index in [1.54, 1.807) is 19.1 Å². The van der Waals surface area contributed by atoms with Crippen LogP contribution in [0.1, 0.15) is 6.92 Å². The molecule has 0 fully saturated rings. The molecule has 5 heteroatoms. The van der Waals surface area contributed by atoms with Gasteiger partial charge in [-0.15, -0.1) is 0 Å². The van der Waals surface area contributed by atoms with E-state index in [2.05, 4.69) is 0 Å². The highest BCUT2D eigenvalue weighted by atomic mass is 35.5. The zero-order valence-electron chi connectivity index (χ0n) is 6.85. The van der Waals surface area contributed by atoms with Gasteiger partial charge in [-0.3, -0.25) is 5.73 Å². The Morgan fingerprint density at radius 3 is 2.08 bits per heavy atom. The van der Waals surface area contributed by atoms with E-state index in [9.17, 15) is 0 Å². The van der Waals surface area contributed by atoms with E-state index in [1.165, 1.54) is 0 Å². The Balaban J connectivity index is 3.06. The van der Waals surface area contributed by atoms with Crippen molar-refractivity contribution in [2.45, 2.75) is 13.2 Å². The lowest BCUT2D eigenvalue weighted by Crippen LogP contribution is -2.22. The van der Waals surface area contributed by atoms with Gasteiger partial charge in [0.25, 0.3) is 0 Å². The fraction of sp³-hybridized carbons (Fsp3) is 0.250. The van der Waals surface area contributed by atoms with Crippen LogP contribution in [0.15, 0.2) is 12.1 Å². The van der Waals surface area contributed by atoms with Gasteiger partial charge in [-0.25, -0.2) is 0 Å². The molecule has 1 aromatic carbocycles. The maximum atomic E-state index is 5.83. The van der Waals surface area contributed by atoms with Crippen LogP contribution in [0.2, 0.25) is 15.1 Å². The number of benzene rings is 1. The molecule has 0 aliphatic heterocycles. The summed E-state index contributed by atoms with van der Waals surface area (Å²) in [5, 5.41) is 1.18. The monoisotopic (exact) mass is 239 g/mol. The van der Waals surface area contributed by atoms with Crippen LogP contribution in [0.3, 0.4) is 0 Å². The van der Waals surface area contributed by atoms with Crippen molar-refractivity contribution in [2.24, 2.45) is 5.73 Å². The molecule has 1 unspecified atom stereocenters. The van der Waals surface area contributed by atoms with Gasteiger partial charge in [0.1, 0.15) is 6.23 Å². The molecule has 0 saturated carbocycles. The lowest BCUT2D eigenvalue weighted by Gasteiger charge is -2.12. The normalized spacial score (nSPS) is 12.7. The standard InChI is InChI=1S/C8H8Cl3NO/c1-4(12)13-8-6(10)2-5(9)3-7(8)11/h2-4H,12H2,1H3. The van der Waals surface area contributed by atoms with Gasteiger partial charge >= 0.3 is 0 Å². The molecule has 0 radical (unpaired) electrons. The topological polar surface area (TPSA) is 35.2 Å². The van der Waals surface area contributed by atoms with Crippen LogP contribution in [0.4, 0.5) is 0 Å². The van der Waals surface area contributed by atoms with Gasteiger partial charge in [0, 0.05) is 5.02 Å². The Bertz CT molecular complexity index is 291. The highest BCUT2D eigenvalue weighted by Crippen LogP contribution is 2.35. The van der Waals surface area contributed by atoms with Crippen LogP contribution in [0.5, 0.6) is 5.75 Å². The largest absolute Gasteiger partial charge is 0.473 e. The lowest BCUT2D eigenvalue weighted by atomic mass is 10.3.